The van der Waals surface area contributed by atoms with Crippen LogP contribution in [0.5, 0.6) is 11.5 Å². The summed E-state index contributed by atoms with van der Waals surface area (Å²) in [5, 5.41) is 21.5. The van der Waals surface area contributed by atoms with Crippen LogP contribution in [0.25, 0.3) is 0 Å². The number of benzene rings is 2. The number of carboxylic acids is 1. The second-order valence-corrected chi connectivity index (χ2v) is 5.63. The van der Waals surface area contributed by atoms with E-state index in [0.29, 0.717) is 10.8 Å². The highest BCUT2D eigenvalue weighted by atomic mass is 35.5. The lowest BCUT2D eigenvalue weighted by atomic mass is 10.1. The van der Waals surface area contributed by atoms with Crippen LogP contribution in [-0.4, -0.2) is 28.2 Å². The quantitative estimate of drug-likeness (QED) is 0.718. The third-order valence-corrected chi connectivity index (χ3v) is 3.54. The molecule has 2 aromatic carbocycles. The van der Waals surface area contributed by atoms with Crippen LogP contribution < -0.4 is 10.1 Å². The molecule has 0 fully saturated rings. The van der Waals surface area contributed by atoms with Crippen molar-refractivity contribution < 1.29 is 24.5 Å². The number of nitrogens with one attached hydrogen (secondary N) is 1. The largest absolute Gasteiger partial charge is 0.508 e. The van der Waals surface area contributed by atoms with E-state index >= 15 is 0 Å². The van der Waals surface area contributed by atoms with Crippen LogP contribution in [0.3, 0.4) is 0 Å². The fourth-order valence-corrected chi connectivity index (χ4v) is 2.27. The third-order valence-electron chi connectivity index (χ3n) is 3.30. The number of anilines is 1. The monoisotopic (exact) mass is 349 g/mol. The maximum absolute atomic E-state index is 12.2. The van der Waals surface area contributed by atoms with Gasteiger partial charge in [0.25, 0.3) is 5.91 Å². The lowest BCUT2D eigenvalue weighted by Gasteiger charge is -2.17. The van der Waals surface area contributed by atoms with Crippen LogP contribution in [0.2, 0.25) is 5.02 Å². The number of hydrogen-bond acceptors (Lipinski definition) is 4. The van der Waals surface area contributed by atoms with Crippen molar-refractivity contribution in [3.8, 4) is 11.5 Å². The summed E-state index contributed by atoms with van der Waals surface area (Å²) in [7, 11) is 0. The van der Waals surface area contributed by atoms with E-state index in [0.717, 1.165) is 11.6 Å². The van der Waals surface area contributed by atoms with Gasteiger partial charge < -0.3 is 20.3 Å². The summed E-state index contributed by atoms with van der Waals surface area (Å²) < 4.78 is 5.59. The Hall–Kier alpha value is -2.73. The van der Waals surface area contributed by atoms with Gasteiger partial charge in [-0.25, -0.2) is 4.79 Å². The van der Waals surface area contributed by atoms with Crippen molar-refractivity contribution in [3.63, 3.8) is 0 Å². The molecule has 0 spiro atoms. The first kappa shape index (κ1) is 17.6. The first-order valence-electron chi connectivity index (χ1n) is 7.08. The molecule has 1 amide bonds. The van der Waals surface area contributed by atoms with Crippen LogP contribution in [0.1, 0.15) is 22.8 Å². The van der Waals surface area contributed by atoms with Gasteiger partial charge in [-0.05, 0) is 55.8 Å². The minimum absolute atomic E-state index is 0.0774. The Morgan fingerprint density at radius 3 is 2.54 bits per heavy atom. The van der Waals surface area contributed by atoms with Gasteiger partial charge in [0.2, 0.25) is 0 Å². The van der Waals surface area contributed by atoms with Crippen molar-refractivity contribution in [2.45, 2.75) is 20.0 Å². The molecular formula is C17H16ClNO5. The Balaban J connectivity index is 2.13. The molecule has 0 saturated carbocycles. The fraction of sp³-hybridized carbons (Fsp3) is 0.176. The summed E-state index contributed by atoms with van der Waals surface area (Å²) in [4.78, 5) is 23.4. The number of carboxylic acid groups (broad SMARTS) is 1. The van der Waals surface area contributed by atoms with E-state index < -0.39 is 18.0 Å². The molecule has 3 N–H and O–H groups in total. The van der Waals surface area contributed by atoms with Gasteiger partial charge in [0.05, 0.1) is 11.3 Å². The molecule has 7 heteroatoms. The zero-order chi connectivity index (χ0) is 17.9. The molecule has 0 unspecified atom stereocenters. The Morgan fingerprint density at radius 2 is 1.92 bits per heavy atom. The zero-order valence-corrected chi connectivity index (χ0v) is 13.8. The number of halogens is 1. The number of rotatable bonds is 5. The lowest BCUT2D eigenvalue weighted by molar-refractivity contribution is -0.122. The molecule has 0 saturated heterocycles. The van der Waals surface area contributed by atoms with E-state index in [4.69, 9.17) is 21.4 Å². The van der Waals surface area contributed by atoms with Crippen LogP contribution in [0, 0.1) is 6.92 Å². The molecule has 0 aliphatic rings. The number of ether oxygens (including phenoxy) is 1. The molecule has 6 nitrogen and oxygen atoms in total. The van der Waals surface area contributed by atoms with Gasteiger partial charge in [-0.15, -0.1) is 0 Å². The Kier molecular flexibility index (Phi) is 5.31. The number of phenolic OH excluding ortho intramolecular Hbond substituents is 1. The molecule has 2 rings (SSSR count). The maximum atomic E-state index is 12.2. The smallest absolute Gasteiger partial charge is 0.337 e. The number of hydrogen-bond donors (Lipinski definition) is 3. The van der Waals surface area contributed by atoms with Crippen molar-refractivity contribution >= 4 is 29.2 Å². The summed E-state index contributed by atoms with van der Waals surface area (Å²) >= 11 is 5.87. The molecule has 2 aromatic rings. The number of aryl methyl sites for hydroxylation is 1. The van der Waals surface area contributed by atoms with Gasteiger partial charge in [-0.1, -0.05) is 11.6 Å². The summed E-state index contributed by atoms with van der Waals surface area (Å²) in [6.07, 6.45) is -0.861. The van der Waals surface area contributed by atoms with Crippen molar-refractivity contribution in [3.05, 3.63) is 52.5 Å². The molecule has 126 valence electrons. The molecule has 0 aliphatic carbocycles. The second kappa shape index (κ2) is 7.23. The molecular weight excluding hydrogens is 334 g/mol. The van der Waals surface area contributed by atoms with E-state index in [1.54, 1.807) is 32.0 Å². The van der Waals surface area contributed by atoms with Gasteiger partial charge in [0, 0.05) is 5.02 Å². The van der Waals surface area contributed by atoms with Gasteiger partial charge in [-0.2, -0.15) is 0 Å². The summed E-state index contributed by atoms with van der Waals surface area (Å²) in [6, 6.07) is 8.69. The van der Waals surface area contributed by atoms with Crippen LogP contribution >= 0.6 is 11.6 Å². The Bertz CT molecular complexity index is 791. The van der Waals surface area contributed by atoms with Gasteiger partial charge in [-0.3, -0.25) is 4.79 Å². The minimum atomic E-state index is -1.26. The summed E-state index contributed by atoms with van der Waals surface area (Å²) in [6.45, 7) is 3.35. The molecule has 0 aliphatic heterocycles. The Labute approximate surface area is 143 Å². The number of carbonyl (C=O) groups is 2. The van der Waals surface area contributed by atoms with E-state index in [1.807, 2.05) is 0 Å². The second-order valence-electron chi connectivity index (χ2n) is 5.19. The van der Waals surface area contributed by atoms with Crippen molar-refractivity contribution in [1.82, 2.24) is 0 Å². The molecule has 0 heterocycles. The molecule has 0 radical (unpaired) electrons. The zero-order valence-electron chi connectivity index (χ0n) is 13.0. The number of carbonyl (C=O) groups excluding carboxylic acids is 1. The molecule has 0 bridgehead atoms. The van der Waals surface area contributed by atoms with E-state index in [2.05, 4.69) is 5.32 Å². The minimum Gasteiger partial charge on any atom is -0.508 e. The highest BCUT2D eigenvalue weighted by Gasteiger charge is 2.19. The van der Waals surface area contributed by atoms with E-state index in [-0.39, 0.29) is 17.0 Å². The Morgan fingerprint density at radius 1 is 1.21 bits per heavy atom. The molecule has 1 atom stereocenters. The van der Waals surface area contributed by atoms with Crippen LogP contribution in [0.15, 0.2) is 36.4 Å². The standard InChI is InChI=1S/C17H16ClNO5/c1-9-7-11(18)3-6-15(9)24-10(2)16(21)19-14-5-4-12(20)8-13(14)17(22)23/h3-8,10,20H,1-2H3,(H,19,21)(H,22,23)/t10-/m0/s1. The van der Waals surface area contributed by atoms with E-state index in [9.17, 15) is 14.7 Å². The summed E-state index contributed by atoms with van der Waals surface area (Å²) in [5.41, 5.74) is 0.643. The van der Waals surface area contributed by atoms with E-state index in [1.165, 1.54) is 12.1 Å². The highest BCUT2D eigenvalue weighted by Crippen LogP contribution is 2.24. The molecule has 0 aromatic heterocycles. The fourth-order valence-electron chi connectivity index (χ4n) is 2.04. The number of phenols is 1. The number of amides is 1. The predicted molar refractivity (Wildman–Crippen MR) is 90.0 cm³/mol. The number of aromatic carboxylic acids is 1. The van der Waals surface area contributed by atoms with Gasteiger partial charge in [0.1, 0.15) is 11.5 Å². The van der Waals surface area contributed by atoms with Crippen molar-refractivity contribution in [2.75, 3.05) is 5.32 Å². The van der Waals surface area contributed by atoms with Crippen molar-refractivity contribution in [2.24, 2.45) is 0 Å². The first-order valence-corrected chi connectivity index (χ1v) is 7.45. The predicted octanol–water partition coefficient (Wildman–Crippen LogP) is 3.46. The number of aromatic hydroxyl groups is 1. The normalized spacial score (nSPS) is 11.6. The SMILES string of the molecule is Cc1cc(Cl)ccc1O[C@@H](C)C(=O)Nc1ccc(O)cc1C(=O)O. The summed E-state index contributed by atoms with van der Waals surface area (Å²) in [5.74, 6) is -1.47. The third kappa shape index (κ3) is 4.17. The first-order chi connectivity index (χ1) is 11.3. The van der Waals surface area contributed by atoms with Crippen LogP contribution in [-0.2, 0) is 4.79 Å². The van der Waals surface area contributed by atoms with Crippen molar-refractivity contribution in [1.29, 1.82) is 0 Å². The maximum Gasteiger partial charge on any atom is 0.337 e. The van der Waals surface area contributed by atoms with Crippen LogP contribution in [0.4, 0.5) is 5.69 Å². The average molecular weight is 350 g/mol. The topological polar surface area (TPSA) is 95.9 Å². The average Bonchev–Trinajstić information content (AvgIpc) is 2.51. The lowest BCUT2D eigenvalue weighted by Crippen LogP contribution is -2.31. The van der Waals surface area contributed by atoms with Gasteiger partial charge >= 0.3 is 5.97 Å². The van der Waals surface area contributed by atoms with Gasteiger partial charge in [0.15, 0.2) is 6.10 Å². The highest BCUT2D eigenvalue weighted by molar-refractivity contribution is 6.30. The molecule has 24 heavy (non-hydrogen) atoms.